The average molecular weight is 344 g/mol. The van der Waals surface area contributed by atoms with Crippen LogP contribution >= 0.6 is 0 Å². The van der Waals surface area contributed by atoms with Crippen LogP contribution in [0.15, 0.2) is 24.3 Å². The van der Waals surface area contributed by atoms with Crippen molar-refractivity contribution in [3.8, 4) is 0 Å². The van der Waals surface area contributed by atoms with Gasteiger partial charge in [0.05, 0.1) is 24.8 Å². The van der Waals surface area contributed by atoms with E-state index in [1.807, 2.05) is 24.1 Å². The van der Waals surface area contributed by atoms with E-state index in [-0.39, 0.29) is 17.8 Å². The lowest BCUT2D eigenvalue weighted by Crippen LogP contribution is -2.41. The van der Waals surface area contributed by atoms with Crippen LogP contribution in [0.5, 0.6) is 0 Å². The van der Waals surface area contributed by atoms with Crippen LogP contribution in [0.4, 0.5) is 0 Å². The summed E-state index contributed by atoms with van der Waals surface area (Å²) in [7, 11) is 3.24. The summed E-state index contributed by atoms with van der Waals surface area (Å²) in [6.07, 6.45) is 4.12. The van der Waals surface area contributed by atoms with E-state index >= 15 is 0 Å². The molecule has 6 nitrogen and oxygen atoms in total. The molecule has 1 aliphatic carbocycles. The highest BCUT2D eigenvalue weighted by Gasteiger charge is 2.52. The largest absolute Gasteiger partial charge is 0.465 e. The number of esters is 1. The van der Waals surface area contributed by atoms with Gasteiger partial charge in [0.2, 0.25) is 11.8 Å². The molecule has 0 bridgehead atoms. The topological polar surface area (TPSA) is 66.9 Å². The van der Waals surface area contributed by atoms with Crippen molar-refractivity contribution in [1.82, 2.24) is 9.80 Å². The van der Waals surface area contributed by atoms with Crippen molar-refractivity contribution in [3.05, 3.63) is 35.4 Å². The molecule has 0 atom stereocenters. The van der Waals surface area contributed by atoms with Gasteiger partial charge < -0.3 is 4.74 Å². The number of imide groups is 1. The second-order valence-corrected chi connectivity index (χ2v) is 7.14. The van der Waals surface area contributed by atoms with Crippen molar-refractivity contribution in [1.29, 1.82) is 0 Å². The van der Waals surface area contributed by atoms with Gasteiger partial charge in [0, 0.05) is 13.0 Å². The van der Waals surface area contributed by atoms with Crippen molar-refractivity contribution in [2.45, 2.75) is 38.6 Å². The van der Waals surface area contributed by atoms with Crippen LogP contribution in [0.3, 0.4) is 0 Å². The summed E-state index contributed by atoms with van der Waals surface area (Å²) in [5.74, 6) is -0.419. The lowest BCUT2D eigenvalue weighted by atomic mass is 9.85. The molecule has 134 valence electrons. The first-order valence-electron chi connectivity index (χ1n) is 8.66. The highest BCUT2D eigenvalue weighted by molar-refractivity contribution is 6.06. The van der Waals surface area contributed by atoms with Crippen molar-refractivity contribution in [2.24, 2.45) is 5.41 Å². The summed E-state index contributed by atoms with van der Waals surface area (Å²) in [5, 5.41) is 0. The lowest BCUT2D eigenvalue weighted by Gasteiger charge is -2.25. The molecule has 0 radical (unpaired) electrons. The van der Waals surface area contributed by atoms with Crippen LogP contribution in [0.2, 0.25) is 0 Å². The smallest absolute Gasteiger partial charge is 0.337 e. The second kappa shape index (κ2) is 6.96. The van der Waals surface area contributed by atoms with Crippen molar-refractivity contribution >= 4 is 17.8 Å². The number of carbonyl (C=O) groups excluding carboxylic acids is 3. The summed E-state index contributed by atoms with van der Waals surface area (Å²) in [6, 6.07) is 7.15. The molecule has 2 amide bonds. The van der Waals surface area contributed by atoms with Gasteiger partial charge in [-0.05, 0) is 37.6 Å². The normalized spacial score (nSPS) is 19.2. The van der Waals surface area contributed by atoms with E-state index in [9.17, 15) is 14.4 Å². The van der Waals surface area contributed by atoms with E-state index < -0.39 is 5.41 Å². The fourth-order valence-corrected chi connectivity index (χ4v) is 3.91. The summed E-state index contributed by atoms with van der Waals surface area (Å²) in [5.41, 5.74) is 1.09. The minimum Gasteiger partial charge on any atom is -0.465 e. The van der Waals surface area contributed by atoms with E-state index in [4.69, 9.17) is 0 Å². The molecule has 25 heavy (non-hydrogen) atoms. The molecular formula is C19H24N2O4. The number of likely N-dealkylation sites (tertiary alicyclic amines) is 1. The number of hydrogen-bond acceptors (Lipinski definition) is 5. The predicted molar refractivity (Wildman–Crippen MR) is 91.5 cm³/mol. The zero-order valence-corrected chi connectivity index (χ0v) is 14.8. The van der Waals surface area contributed by atoms with Crippen LogP contribution in [0.25, 0.3) is 0 Å². The Morgan fingerprint density at radius 1 is 1.20 bits per heavy atom. The molecular weight excluding hydrogens is 320 g/mol. The third-order valence-corrected chi connectivity index (χ3v) is 5.26. The quantitative estimate of drug-likeness (QED) is 0.605. The molecule has 1 saturated heterocycles. The number of methoxy groups -OCH3 is 1. The summed E-state index contributed by atoms with van der Waals surface area (Å²) in [4.78, 5) is 39.8. The summed E-state index contributed by atoms with van der Waals surface area (Å²) < 4.78 is 4.68. The molecule has 1 spiro atoms. The molecule has 2 fully saturated rings. The second-order valence-electron chi connectivity index (χ2n) is 7.14. The molecule has 1 saturated carbocycles. The highest BCUT2D eigenvalue weighted by Crippen LogP contribution is 2.46. The van der Waals surface area contributed by atoms with Crippen molar-refractivity contribution < 1.29 is 19.1 Å². The van der Waals surface area contributed by atoms with E-state index in [2.05, 4.69) is 4.74 Å². The molecule has 0 unspecified atom stereocenters. The molecule has 1 aromatic rings. The fraction of sp³-hybridized carbons (Fsp3) is 0.526. The number of nitrogens with zero attached hydrogens (tertiary/aromatic N) is 2. The third kappa shape index (κ3) is 3.44. The molecule has 6 heteroatoms. The zero-order valence-electron chi connectivity index (χ0n) is 14.8. The lowest BCUT2D eigenvalue weighted by molar-refractivity contribution is -0.143. The van der Waals surface area contributed by atoms with Gasteiger partial charge in [-0.3, -0.25) is 19.4 Å². The van der Waals surface area contributed by atoms with Gasteiger partial charge in [0.15, 0.2) is 0 Å². The van der Waals surface area contributed by atoms with E-state index in [0.717, 1.165) is 31.2 Å². The zero-order chi connectivity index (χ0) is 18.0. The molecule has 0 N–H and O–H groups in total. The maximum absolute atomic E-state index is 12.7. The van der Waals surface area contributed by atoms with Crippen LogP contribution in [0.1, 0.15) is 48.0 Å². The Labute approximate surface area is 147 Å². The Balaban J connectivity index is 1.61. The number of ether oxygens (including phenoxy) is 1. The average Bonchev–Trinajstić information content (AvgIpc) is 3.16. The van der Waals surface area contributed by atoms with Crippen molar-refractivity contribution in [2.75, 3.05) is 20.8 Å². The maximum Gasteiger partial charge on any atom is 0.337 e. The third-order valence-electron chi connectivity index (χ3n) is 5.26. The van der Waals surface area contributed by atoms with E-state index in [1.165, 1.54) is 12.0 Å². The SMILES string of the molecule is COC(=O)c1ccc(CN(C)CN2C(=O)CC3(CCCC3)C2=O)cc1. The minimum atomic E-state index is -0.417. The molecule has 1 heterocycles. The Bertz CT molecular complexity index is 677. The summed E-state index contributed by atoms with van der Waals surface area (Å²) in [6.45, 7) is 0.893. The van der Waals surface area contributed by atoms with Gasteiger partial charge in [-0.25, -0.2) is 4.79 Å². The Kier molecular flexibility index (Phi) is 4.90. The number of benzene rings is 1. The van der Waals surface area contributed by atoms with Crippen molar-refractivity contribution in [3.63, 3.8) is 0 Å². The Morgan fingerprint density at radius 3 is 2.44 bits per heavy atom. The predicted octanol–water partition coefficient (Wildman–Crippen LogP) is 2.18. The van der Waals surface area contributed by atoms with Gasteiger partial charge in [-0.1, -0.05) is 25.0 Å². The minimum absolute atomic E-state index is 0.00268. The monoisotopic (exact) mass is 344 g/mol. The van der Waals surface area contributed by atoms with Gasteiger partial charge in [-0.15, -0.1) is 0 Å². The first kappa shape index (κ1) is 17.6. The van der Waals surface area contributed by atoms with Crippen LogP contribution in [0, 0.1) is 5.41 Å². The fourth-order valence-electron chi connectivity index (χ4n) is 3.91. The first-order valence-corrected chi connectivity index (χ1v) is 8.66. The molecule has 1 aromatic carbocycles. The number of hydrogen-bond donors (Lipinski definition) is 0. The number of carbonyl (C=O) groups is 3. The van der Waals surface area contributed by atoms with Crippen LogP contribution < -0.4 is 0 Å². The number of amides is 2. The van der Waals surface area contributed by atoms with E-state index in [0.29, 0.717) is 25.2 Å². The van der Waals surface area contributed by atoms with Gasteiger partial charge >= 0.3 is 5.97 Å². The van der Waals surface area contributed by atoms with Gasteiger partial charge in [0.1, 0.15) is 0 Å². The van der Waals surface area contributed by atoms with Gasteiger partial charge in [-0.2, -0.15) is 0 Å². The highest BCUT2D eigenvalue weighted by atomic mass is 16.5. The van der Waals surface area contributed by atoms with E-state index in [1.54, 1.807) is 12.1 Å². The molecule has 1 aliphatic heterocycles. The Morgan fingerprint density at radius 2 is 1.84 bits per heavy atom. The maximum atomic E-state index is 12.7. The molecule has 2 aliphatic rings. The first-order chi connectivity index (χ1) is 11.9. The molecule has 0 aromatic heterocycles. The number of rotatable bonds is 5. The molecule has 3 rings (SSSR count). The van der Waals surface area contributed by atoms with Gasteiger partial charge in [0.25, 0.3) is 0 Å². The summed E-state index contributed by atoms with van der Waals surface area (Å²) >= 11 is 0. The van der Waals surface area contributed by atoms with Crippen LogP contribution in [-0.2, 0) is 20.9 Å². The Hall–Kier alpha value is -2.21. The van der Waals surface area contributed by atoms with Crippen LogP contribution in [-0.4, -0.2) is 48.4 Å². The standard InChI is InChI=1S/C19H24N2O4/c1-20(12-14-5-7-15(8-6-14)17(23)25-2)13-21-16(22)11-19(18(21)24)9-3-4-10-19/h5-8H,3-4,9-13H2,1-2H3.